The highest BCUT2D eigenvalue weighted by atomic mass is 32.1. The van der Waals surface area contributed by atoms with E-state index in [4.69, 9.17) is 4.74 Å². The standard InChI is InChI=1S/C14H23NO2S/c1-9(2)13(17-6)10(16)7-12-15-11(8-18-12)14(3,4)5/h8-9,13H,7H2,1-6H3. The Kier molecular flexibility index (Phi) is 5.05. The molecule has 18 heavy (non-hydrogen) atoms. The second-order valence-corrected chi connectivity index (χ2v) is 6.86. The highest BCUT2D eigenvalue weighted by molar-refractivity contribution is 7.09. The molecule has 102 valence electrons. The second-order valence-electron chi connectivity index (χ2n) is 5.92. The van der Waals surface area contributed by atoms with Crippen molar-refractivity contribution in [3.8, 4) is 0 Å². The lowest BCUT2D eigenvalue weighted by atomic mass is 9.93. The molecule has 0 N–H and O–H groups in total. The maximum atomic E-state index is 12.1. The number of carbonyl (C=O) groups is 1. The molecule has 0 aliphatic heterocycles. The van der Waals surface area contributed by atoms with Gasteiger partial charge in [-0.2, -0.15) is 0 Å². The topological polar surface area (TPSA) is 39.2 Å². The Balaban J connectivity index is 2.74. The van der Waals surface area contributed by atoms with E-state index in [-0.39, 0.29) is 23.2 Å². The monoisotopic (exact) mass is 269 g/mol. The summed E-state index contributed by atoms with van der Waals surface area (Å²) >= 11 is 1.56. The van der Waals surface area contributed by atoms with E-state index in [2.05, 4.69) is 25.8 Å². The van der Waals surface area contributed by atoms with Crippen LogP contribution in [0.5, 0.6) is 0 Å². The lowest BCUT2D eigenvalue weighted by molar-refractivity contribution is -0.130. The van der Waals surface area contributed by atoms with E-state index in [0.29, 0.717) is 6.42 Å². The largest absolute Gasteiger partial charge is 0.373 e. The van der Waals surface area contributed by atoms with Crippen molar-refractivity contribution >= 4 is 17.1 Å². The minimum atomic E-state index is -0.327. The Hall–Kier alpha value is -0.740. The number of nitrogens with zero attached hydrogens (tertiary/aromatic N) is 1. The van der Waals surface area contributed by atoms with Crippen LogP contribution in [0.2, 0.25) is 0 Å². The van der Waals surface area contributed by atoms with Gasteiger partial charge < -0.3 is 4.74 Å². The number of Topliss-reactive ketones (excluding diaryl/α,β-unsaturated/α-hetero) is 1. The van der Waals surface area contributed by atoms with Crippen LogP contribution in [0.1, 0.15) is 45.3 Å². The van der Waals surface area contributed by atoms with Crippen molar-refractivity contribution in [2.75, 3.05) is 7.11 Å². The van der Waals surface area contributed by atoms with Crippen LogP contribution in [0, 0.1) is 5.92 Å². The number of methoxy groups -OCH3 is 1. The summed E-state index contributed by atoms with van der Waals surface area (Å²) in [6, 6.07) is 0. The fourth-order valence-corrected chi connectivity index (χ4v) is 2.79. The van der Waals surface area contributed by atoms with Crippen molar-refractivity contribution < 1.29 is 9.53 Å². The third kappa shape index (κ3) is 3.89. The number of ether oxygens (including phenoxy) is 1. The van der Waals surface area contributed by atoms with E-state index in [1.54, 1.807) is 18.4 Å². The summed E-state index contributed by atoms with van der Waals surface area (Å²) in [5.74, 6) is 0.312. The van der Waals surface area contributed by atoms with Crippen molar-refractivity contribution in [1.82, 2.24) is 4.98 Å². The molecule has 1 atom stereocenters. The van der Waals surface area contributed by atoms with Gasteiger partial charge in [0, 0.05) is 17.9 Å². The Morgan fingerprint density at radius 3 is 2.44 bits per heavy atom. The summed E-state index contributed by atoms with van der Waals surface area (Å²) in [5.41, 5.74) is 1.09. The summed E-state index contributed by atoms with van der Waals surface area (Å²) in [7, 11) is 1.59. The van der Waals surface area contributed by atoms with Crippen molar-refractivity contribution in [3.63, 3.8) is 0 Å². The smallest absolute Gasteiger partial charge is 0.168 e. The Morgan fingerprint density at radius 2 is 2.06 bits per heavy atom. The van der Waals surface area contributed by atoms with Crippen LogP contribution in [0.15, 0.2) is 5.38 Å². The minimum absolute atomic E-state index is 0.0382. The van der Waals surface area contributed by atoms with Crippen LogP contribution in [-0.4, -0.2) is 24.0 Å². The van der Waals surface area contributed by atoms with Gasteiger partial charge in [0.25, 0.3) is 0 Å². The zero-order chi connectivity index (χ0) is 13.9. The first-order valence-electron chi connectivity index (χ1n) is 6.26. The van der Waals surface area contributed by atoms with E-state index in [1.807, 2.05) is 19.2 Å². The normalized spacial score (nSPS) is 13.9. The molecule has 0 bridgehead atoms. The van der Waals surface area contributed by atoms with Gasteiger partial charge in [-0.25, -0.2) is 4.98 Å². The van der Waals surface area contributed by atoms with Gasteiger partial charge in [-0.05, 0) is 5.92 Å². The van der Waals surface area contributed by atoms with Gasteiger partial charge in [0.15, 0.2) is 5.78 Å². The molecular formula is C14H23NO2S. The van der Waals surface area contributed by atoms with Crippen molar-refractivity contribution in [3.05, 3.63) is 16.1 Å². The Bertz CT molecular complexity index is 404. The number of hydrogen-bond acceptors (Lipinski definition) is 4. The molecule has 1 aromatic rings. The number of rotatable bonds is 5. The summed E-state index contributed by atoms with van der Waals surface area (Å²) in [5, 5.41) is 2.92. The predicted octanol–water partition coefficient (Wildman–Crippen LogP) is 3.22. The fraction of sp³-hybridized carbons (Fsp3) is 0.714. The lowest BCUT2D eigenvalue weighted by Gasteiger charge is -2.17. The molecule has 0 aliphatic carbocycles. The predicted molar refractivity (Wildman–Crippen MR) is 75.2 cm³/mol. The third-order valence-corrected chi connectivity index (χ3v) is 3.67. The SMILES string of the molecule is COC(C(=O)Cc1nc(C(C)(C)C)cs1)C(C)C. The van der Waals surface area contributed by atoms with Gasteiger partial charge in [0.1, 0.15) is 11.1 Å². The molecule has 0 radical (unpaired) electrons. The van der Waals surface area contributed by atoms with Crippen LogP contribution in [0.25, 0.3) is 0 Å². The minimum Gasteiger partial charge on any atom is -0.373 e. The zero-order valence-corrected chi connectivity index (χ0v) is 12.9. The summed E-state index contributed by atoms with van der Waals surface area (Å²) in [6.07, 6.45) is 0.0456. The van der Waals surface area contributed by atoms with Crippen LogP contribution in [0.3, 0.4) is 0 Å². The highest BCUT2D eigenvalue weighted by Gasteiger charge is 2.24. The fourth-order valence-electron chi connectivity index (χ4n) is 1.76. The van der Waals surface area contributed by atoms with Crippen molar-refractivity contribution in [2.24, 2.45) is 5.92 Å². The number of ketones is 1. The molecular weight excluding hydrogens is 246 g/mol. The van der Waals surface area contributed by atoms with Gasteiger partial charge in [-0.3, -0.25) is 4.79 Å². The first-order valence-corrected chi connectivity index (χ1v) is 7.14. The number of aromatic nitrogens is 1. The third-order valence-electron chi connectivity index (χ3n) is 2.82. The van der Waals surface area contributed by atoms with Crippen LogP contribution in [-0.2, 0) is 21.4 Å². The quantitative estimate of drug-likeness (QED) is 0.824. The van der Waals surface area contributed by atoms with E-state index in [9.17, 15) is 4.79 Å². The molecule has 4 heteroatoms. The maximum absolute atomic E-state index is 12.1. The van der Waals surface area contributed by atoms with Crippen LogP contribution >= 0.6 is 11.3 Å². The summed E-state index contributed by atoms with van der Waals surface area (Å²) < 4.78 is 5.25. The first kappa shape index (κ1) is 15.3. The van der Waals surface area contributed by atoms with E-state index < -0.39 is 0 Å². The summed E-state index contributed by atoms with van der Waals surface area (Å²) in [6.45, 7) is 10.4. The number of hydrogen-bond donors (Lipinski definition) is 0. The highest BCUT2D eigenvalue weighted by Crippen LogP contribution is 2.24. The van der Waals surface area contributed by atoms with Crippen molar-refractivity contribution in [2.45, 2.75) is 52.6 Å². The number of thiazole rings is 1. The summed E-state index contributed by atoms with van der Waals surface area (Å²) in [4.78, 5) is 16.6. The average molecular weight is 269 g/mol. The van der Waals surface area contributed by atoms with Crippen LogP contribution < -0.4 is 0 Å². The molecule has 1 rings (SSSR count). The number of carbonyl (C=O) groups excluding carboxylic acids is 1. The Morgan fingerprint density at radius 1 is 1.44 bits per heavy atom. The van der Waals surface area contributed by atoms with Crippen LogP contribution in [0.4, 0.5) is 0 Å². The Labute approximate surface area is 114 Å². The van der Waals surface area contributed by atoms with E-state index in [0.717, 1.165) is 10.7 Å². The maximum Gasteiger partial charge on any atom is 0.168 e. The molecule has 0 amide bonds. The molecule has 0 saturated carbocycles. The van der Waals surface area contributed by atoms with Gasteiger partial charge >= 0.3 is 0 Å². The molecule has 0 spiro atoms. The average Bonchev–Trinajstić information content (AvgIpc) is 2.65. The molecule has 0 aliphatic rings. The van der Waals surface area contributed by atoms with E-state index >= 15 is 0 Å². The lowest BCUT2D eigenvalue weighted by Crippen LogP contribution is -2.29. The second kappa shape index (κ2) is 5.93. The molecule has 1 heterocycles. The van der Waals surface area contributed by atoms with Gasteiger partial charge in [0.05, 0.1) is 12.1 Å². The van der Waals surface area contributed by atoms with Gasteiger partial charge in [-0.1, -0.05) is 34.6 Å². The molecule has 0 saturated heterocycles. The van der Waals surface area contributed by atoms with Gasteiger partial charge in [-0.15, -0.1) is 11.3 Å². The van der Waals surface area contributed by atoms with Crippen molar-refractivity contribution in [1.29, 1.82) is 0 Å². The zero-order valence-electron chi connectivity index (χ0n) is 12.1. The van der Waals surface area contributed by atoms with E-state index in [1.165, 1.54) is 0 Å². The molecule has 1 unspecified atom stereocenters. The first-order chi connectivity index (χ1) is 8.25. The molecule has 3 nitrogen and oxygen atoms in total. The molecule has 0 fully saturated rings. The molecule has 1 aromatic heterocycles. The molecule has 0 aromatic carbocycles. The van der Waals surface area contributed by atoms with Gasteiger partial charge in [0.2, 0.25) is 0 Å².